The molecule has 7 heteroatoms. The van der Waals surface area contributed by atoms with Crippen LogP contribution in [0.5, 0.6) is 0 Å². The number of carbonyl (C=O) groups is 3. The molecule has 0 fully saturated rings. The lowest BCUT2D eigenvalue weighted by Gasteiger charge is -2.21. The maximum Gasteiger partial charge on any atom is 0.262 e. The maximum absolute atomic E-state index is 12.3. The lowest BCUT2D eigenvalue weighted by atomic mass is 10.1. The van der Waals surface area contributed by atoms with Crippen LogP contribution >= 0.6 is 11.3 Å². The van der Waals surface area contributed by atoms with Gasteiger partial charge in [-0.15, -0.1) is 11.3 Å². The van der Waals surface area contributed by atoms with Crippen molar-refractivity contribution >= 4 is 29.1 Å². The molecule has 1 aliphatic rings. The maximum atomic E-state index is 12.3. The summed E-state index contributed by atoms with van der Waals surface area (Å²) in [6.45, 7) is 1.82. The Balaban J connectivity index is 1.73. The van der Waals surface area contributed by atoms with Crippen LogP contribution in [0.4, 0.5) is 0 Å². The number of thiazole rings is 1. The molecule has 1 aromatic heterocycles. The van der Waals surface area contributed by atoms with Crippen molar-refractivity contribution in [1.82, 2.24) is 15.2 Å². The Morgan fingerprint density at radius 1 is 1.27 bits per heavy atom. The molecule has 2 aromatic rings. The van der Waals surface area contributed by atoms with Crippen LogP contribution in [0.25, 0.3) is 0 Å². The molecular weight excluding hydrogens is 302 g/mol. The number of hydrogen-bond acceptors (Lipinski definition) is 5. The molecule has 6 nitrogen and oxygen atoms in total. The van der Waals surface area contributed by atoms with Crippen molar-refractivity contribution in [3.8, 4) is 0 Å². The van der Waals surface area contributed by atoms with Gasteiger partial charge in [-0.3, -0.25) is 19.3 Å². The van der Waals surface area contributed by atoms with Gasteiger partial charge >= 0.3 is 0 Å². The second kappa shape index (κ2) is 5.69. The quantitative estimate of drug-likeness (QED) is 0.866. The number of nitrogens with one attached hydrogen (secondary N) is 1. The number of nitrogens with zero attached hydrogens (tertiary/aromatic N) is 2. The Bertz CT molecular complexity index is 707. The van der Waals surface area contributed by atoms with E-state index < -0.39 is 17.9 Å². The SMILES string of the molecule is CC(C(=O)NCc1nccs1)N1C(=O)c2ccccc2C1=O. The predicted molar refractivity (Wildman–Crippen MR) is 80.4 cm³/mol. The van der Waals surface area contributed by atoms with Crippen LogP contribution < -0.4 is 5.32 Å². The lowest BCUT2D eigenvalue weighted by molar-refractivity contribution is -0.124. The molecule has 1 aliphatic heterocycles. The average Bonchev–Trinajstić information content (AvgIpc) is 3.13. The molecular formula is C15H13N3O3S. The van der Waals surface area contributed by atoms with Crippen LogP contribution in [0.2, 0.25) is 0 Å². The van der Waals surface area contributed by atoms with Crippen molar-refractivity contribution in [2.24, 2.45) is 0 Å². The van der Waals surface area contributed by atoms with E-state index in [0.29, 0.717) is 11.1 Å². The molecule has 1 aromatic carbocycles. The Labute approximate surface area is 130 Å². The molecule has 1 N–H and O–H groups in total. The summed E-state index contributed by atoms with van der Waals surface area (Å²) in [5.41, 5.74) is 0.680. The molecule has 2 heterocycles. The second-order valence-corrected chi connectivity index (χ2v) is 5.82. The number of hydrogen-bond donors (Lipinski definition) is 1. The summed E-state index contributed by atoms with van der Waals surface area (Å²) in [6, 6.07) is 5.71. The minimum Gasteiger partial charge on any atom is -0.348 e. The Kier molecular flexibility index (Phi) is 3.72. The van der Waals surface area contributed by atoms with E-state index in [1.165, 1.54) is 11.3 Å². The molecule has 0 aliphatic carbocycles. The summed E-state index contributed by atoms with van der Waals surface area (Å²) in [6.07, 6.45) is 1.65. The van der Waals surface area contributed by atoms with Gasteiger partial charge in [-0.05, 0) is 19.1 Å². The van der Waals surface area contributed by atoms with Gasteiger partial charge in [0, 0.05) is 11.6 Å². The lowest BCUT2D eigenvalue weighted by Crippen LogP contribution is -2.47. The second-order valence-electron chi connectivity index (χ2n) is 4.85. The fraction of sp³-hybridized carbons (Fsp3) is 0.200. The fourth-order valence-corrected chi connectivity index (χ4v) is 2.88. The highest BCUT2D eigenvalue weighted by Crippen LogP contribution is 2.24. The van der Waals surface area contributed by atoms with E-state index in [-0.39, 0.29) is 12.5 Å². The standard InChI is InChI=1S/C15H13N3O3S/c1-9(13(19)17-8-12-16-6-7-22-12)18-14(20)10-4-2-3-5-11(10)15(18)21/h2-7,9H,8H2,1H3,(H,17,19). The molecule has 22 heavy (non-hydrogen) atoms. The van der Waals surface area contributed by atoms with Crippen molar-refractivity contribution < 1.29 is 14.4 Å². The van der Waals surface area contributed by atoms with Crippen LogP contribution in [-0.4, -0.2) is 33.6 Å². The first kappa shape index (κ1) is 14.4. The van der Waals surface area contributed by atoms with Crippen molar-refractivity contribution in [2.45, 2.75) is 19.5 Å². The highest BCUT2D eigenvalue weighted by molar-refractivity contribution is 7.09. The highest BCUT2D eigenvalue weighted by atomic mass is 32.1. The van der Waals surface area contributed by atoms with Crippen molar-refractivity contribution in [3.63, 3.8) is 0 Å². The van der Waals surface area contributed by atoms with Crippen LogP contribution in [0.1, 0.15) is 32.6 Å². The van der Waals surface area contributed by atoms with Gasteiger partial charge in [0.2, 0.25) is 5.91 Å². The third kappa shape index (κ3) is 2.39. The summed E-state index contributed by atoms with van der Waals surface area (Å²) in [7, 11) is 0. The van der Waals surface area contributed by atoms with Crippen LogP contribution in [0, 0.1) is 0 Å². The molecule has 112 valence electrons. The first-order valence-electron chi connectivity index (χ1n) is 6.72. The number of fused-ring (bicyclic) bond motifs is 1. The third-order valence-corrected chi connectivity index (χ3v) is 4.27. The third-order valence-electron chi connectivity index (χ3n) is 3.49. The van der Waals surface area contributed by atoms with Gasteiger partial charge in [0.15, 0.2) is 0 Å². The van der Waals surface area contributed by atoms with E-state index in [1.54, 1.807) is 37.4 Å². The molecule has 1 unspecified atom stereocenters. The molecule has 3 rings (SSSR count). The van der Waals surface area contributed by atoms with Crippen molar-refractivity contribution in [3.05, 3.63) is 52.0 Å². The minimum absolute atomic E-state index is 0.282. The minimum atomic E-state index is -0.868. The summed E-state index contributed by atoms with van der Waals surface area (Å²) >= 11 is 1.43. The Hall–Kier alpha value is -2.54. The van der Waals surface area contributed by atoms with E-state index in [4.69, 9.17) is 0 Å². The molecule has 0 saturated heterocycles. The zero-order chi connectivity index (χ0) is 15.7. The van der Waals surface area contributed by atoms with Gasteiger partial charge in [0.25, 0.3) is 11.8 Å². The smallest absolute Gasteiger partial charge is 0.262 e. The molecule has 0 saturated carbocycles. The number of imide groups is 1. The molecule has 0 radical (unpaired) electrons. The average molecular weight is 315 g/mol. The zero-order valence-corrected chi connectivity index (χ0v) is 12.6. The fourth-order valence-electron chi connectivity index (χ4n) is 2.33. The van der Waals surface area contributed by atoms with Crippen LogP contribution in [-0.2, 0) is 11.3 Å². The highest BCUT2D eigenvalue weighted by Gasteiger charge is 2.40. The van der Waals surface area contributed by atoms with Gasteiger partial charge in [-0.1, -0.05) is 12.1 Å². The monoisotopic (exact) mass is 315 g/mol. The van der Waals surface area contributed by atoms with E-state index >= 15 is 0 Å². The Morgan fingerprint density at radius 2 is 1.91 bits per heavy atom. The molecule has 1 atom stereocenters. The number of aromatic nitrogens is 1. The van der Waals surface area contributed by atoms with E-state index in [1.807, 2.05) is 5.38 Å². The van der Waals surface area contributed by atoms with Crippen LogP contribution in [0.3, 0.4) is 0 Å². The first-order chi connectivity index (χ1) is 10.6. The Morgan fingerprint density at radius 3 is 2.45 bits per heavy atom. The van der Waals surface area contributed by atoms with Gasteiger partial charge in [0.1, 0.15) is 11.0 Å². The van der Waals surface area contributed by atoms with Crippen LogP contribution in [0.15, 0.2) is 35.8 Å². The van der Waals surface area contributed by atoms with E-state index in [9.17, 15) is 14.4 Å². The van der Waals surface area contributed by atoms with Gasteiger partial charge < -0.3 is 5.32 Å². The number of carbonyl (C=O) groups excluding carboxylic acids is 3. The summed E-state index contributed by atoms with van der Waals surface area (Å²) in [4.78, 5) is 41.9. The predicted octanol–water partition coefficient (Wildman–Crippen LogP) is 1.44. The molecule has 0 bridgehead atoms. The van der Waals surface area contributed by atoms with Gasteiger partial charge in [-0.2, -0.15) is 0 Å². The summed E-state index contributed by atoms with van der Waals surface area (Å²) in [5.74, 6) is -1.25. The normalized spacial score (nSPS) is 14.9. The van der Waals surface area contributed by atoms with E-state index in [2.05, 4.69) is 10.3 Å². The van der Waals surface area contributed by atoms with Gasteiger partial charge in [-0.25, -0.2) is 4.98 Å². The molecule has 3 amide bonds. The van der Waals surface area contributed by atoms with Gasteiger partial charge in [0.05, 0.1) is 17.7 Å². The van der Waals surface area contributed by atoms with E-state index in [0.717, 1.165) is 9.91 Å². The number of rotatable bonds is 4. The van der Waals surface area contributed by atoms with Crippen molar-refractivity contribution in [1.29, 1.82) is 0 Å². The zero-order valence-electron chi connectivity index (χ0n) is 11.8. The summed E-state index contributed by atoms with van der Waals surface area (Å²) < 4.78 is 0. The summed E-state index contributed by atoms with van der Waals surface area (Å²) in [5, 5.41) is 5.27. The number of benzene rings is 1. The number of amides is 3. The molecule has 0 spiro atoms. The topological polar surface area (TPSA) is 79.4 Å². The first-order valence-corrected chi connectivity index (χ1v) is 7.60. The largest absolute Gasteiger partial charge is 0.348 e. The van der Waals surface area contributed by atoms with Crippen molar-refractivity contribution in [2.75, 3.05) is 0 Å².